The molecule has 1 atom stereocenters. The minimum atomic E-state index is 0.363. The third-order valence-corrected chi connectivity index (χ3v) is 6.10. The van der Waals surface area contributed by atoms with Crippen LogP contribution < -0.4 is 0 Å². The highest BCUT2D eigenvalue weighted by molar-refractivity contribution is 9.09. The van der Waals surface area contributed by atoms with Crippen molar-refractivity contribution < 1.29 is 5.11 Å². The van der Waals surface area contributed by atoms with E-state index in [1.54, 1.807) is 0 Å². The number of hydrogen-bond acceptors (Lipinski definition) is 2. The first-order valence-electron chi connectivity index (χ1n) is 7.67. The van der Waals surface area contributed by atoms with Crippen molar-refractivity contribution in [1.29, 1.82) is 0 Å². The van der Waals surface area contributed by atoms with Crippen molar-refractivity contribution in [3.05, 3.63) is 0 Å². The molecule has 1 aliphatic carbocycles. The number of halogens is 1. The molecule has 1 aliphatic heterocycles. The van der Waals surface area contributed by atoms with E-state index in [2.05, 4.69) is 20.8 Å². The summed E-state index contributed by atoms with van der Waals surface area (Å²) in [7, 11) is 0. The average molecular weight is 318 g/mol. The second-order valence-electron chi connectivity index (χ2n) is 6.45. The van der Waals surface area contributed by atoms with Gasteiger partial charge in [0.1, 0.15) is 0 Å². The molecule has 0 amide bonds. The normalized spacial score (nSPS) is 29.3. The molecule has 3 heteroatoms. The molecule has 1 unspecified atom stereocenters. The highest BCUT2D eigenvalue weighted by atomic mass is 79.9. The molecule has 0 aromatic carbocycles. The zero-order chi connectivity index (χ0) is 12.8. The van der Waals surface area contributed by atoms with Gasteiger partial charge in [0.15, 0.2) is 0 Å². The maximum absolute atomic E-state index is 9.04. The van der Waals surface area contributed by atoms with E-state index in [-0.39, 0.29) is 0 Å². The maximum atomic E-state index is 9.04. The Kier molecular flexibility index (Phi) is 5.96. The summed E-state index contributed by atoms with van der Waals surface area (Å²) in [5.74, 6) is 0.744. The summed E-state index contributed by atoms with van der Waals surface area (Å²) in [6.07, 6.45) is 10.8. The fourth-order valence-corrected chi connectivity index (χ4v) is 4.50. The first-order chi connectivity index (χ1) is 8.78. The molecule has 2 nitrogen and oxygen atoms in total. The number of aliphatic hydroxyl groups is 1. The SMILES string of the molecule is OCCC1CCN(CC2(CBr)CCCCCC2)C1. The van der Waals surface area contributed by atoms with Crippen LogP contribution in [-0.4, -0.2) is 41.6 Å². The molecule has 2 rings (SSSR count). The molecule has 2 fully saturated rings. The Morgan fingerprint density at radius 1 is 1.17 bits per heavy atom. The van der Waals surface area contributed by atoms with E-state index >= 15 is 0 Å². The molecule has 0 bridgehead atoms. The Morgan fingerprint density at radius 2 is 1.89 bits per heavy atom. The number of hydrogen-bond donors (Lipinski definition) is 1. The third kappa shape index (κ3) is 3.94. The maximum Gasteiger partial charge on any atom is 0.0434 e. The average Bonchev–Trinajstić information content (AvgIpc) is 2.67. The van der Waals surface area contributed by atoms with Gasteiger partial charge < -0.3 is 10.0 Å². The van der Waals surface area contributed by atoms with Crippen molar-refractivity contribution in [2.24, 2.45) is 11.3 Å². The first kappa shape index (κ1) is 14.8. The van der Waals surface area contributed by atoms with Gasteiger partial charge in [-0.15, -0.1) is 0 Å². The highest BCUT2D eigenvalue weighted by Gasteiger charge is 2.34. The van der Waals surface area contributed by atoms with Crippen LogP contribution in [0.15, 0.2) is 0 Å². The van der Waals surface area contributed by atoms with Crippen LogP contribution in [0.5, 0.6) is 0 Å². The Balaban J connectivity index is 1.86. The quantitative estimate of drug-likeness (QED) is 0.620. The summed E-state index contributed by atoms with van der Waals surface area (Å²) >= 11 is 3.79. The van der Waals surface area contributed by atoms with E-state index in [9.17, 15) is 0 Å². The Bertz CT molecular complexity index is 239. The number of likely N-dealkylation sites (tertiary alicyclic amines) is 1. The van der Waals surface area contributed by atoms with Crippen LogP contribution in [0.1, 0.15) is 51.4 Å². The molecule has 0 spiro atoms. The van der Waals surface area contributed by atoms with Crippen LogP contribution in [-0.2, 0) is 0 Å². The van der Waals surface area contributed by atoms with Gasteiger partial charge >= 0.3 is 0 Å². The molecule has 1 N–H and O–H groups in total. The van der Waals surface area contributed by atoms with Crippen molar-refractivity contribution in [2.75, 3.05) is 31.6 Å². The molecular weight excluding hydrogens is 290 g/mol. The molecular formula is C15H28BrNO. The zero-order valence-electron chi connectivity index (χ0n) is 11.5. The molecule has 1 saturated carbocycles. The van der Waals surface area contributed by atoms with Gasteiger partial charge in [0.2, 0.25) is 0 Å². The van der Waals surface area contributed by atoms with Gasteiger partial charge in [-0.25, -0.2) is 0 Å². The van der Waals surface area contributed by atoms with Gasteiger partial charge in [-0.05, 0) is 43.6 Å². The molecule has 0 aromatic heterocycles. The standard InChI is InChI=1S/C15H28BrNO/c16-12-15(7-3-1-2-4-8-15)13-17-9-5-14(11-17)6-10-18/h14,18H,1-13H2. The lowest BCUT2D eigenvalue weighted by Gasteiger charge is -2.35. The molecule has 106 valence electrons. The minimum absolute atomic E-state index is 0.363. The molecule has 1 saturated heterocycles. The fourth-order valence-electron chi connectivity index (χ4n) is 3.76. The van der Waals surface area contributed by atoms with Crippen molar-refractivity contribution in [3.63, 3.8) is 0 Å². The van der Waals surface area contributed by atoms with Gasteiger partial charge in [0.05, 0.1) is 0 Å². The van der Waals surface area contributed by atoms with E-state index < -0.39 is 0 Å². The highest BCUT2D eigenvalue weighted by Crippen LogP contribution is 2.38. The Hall–Kier alpha value is 0.400. The number of aliphatic hydroxyl groups excluding tert-OH is 1. The van der Waals surface area contributed by atoms with E-state index in [1.165, 1.54) is 69.9 Å². The van der Waals surface area contributed by atoms with Crippen LogP contribution in [0.25, 0.3) is 0 Å². The molecule has 0 aromatic rings. The monoisotopic (exact) mass is 317 g/mol. The van der Waals surface area contributed by atoms with Gasteiger partial charge in [-0.1, -0.05) is 41.6 Å². The van der Waals surface area contributed by atoms with E-state index in [1.807, 2.05) is 0 Å². The lowest BCUT2D eigenvalue weighted by atomic mass is 9.82. The molecule has 2 aliphatic rings. The van der Waals surface area contributed by atoms with Crippen molar-refractivity contribution >= 4 is 15.9 Å². The van der Waals surface area contributed by atoms with Gasteiger partial charge in [0.25, 0.3) is 0 Å². The van der Waals surface area contributed by atoms with E-state index in [0.29, 0.717) is 12.0 Å². The van der Waals surface area contributed by atoms with Crippen molar-refractivity contribution in [1.82, 2.24) is 4.90 Å². The van der Waals surface area contributed by atoms with Gasteiger partial charge in [-0.3, -0.25) is 0 Å². The lowest BCUT2D eigenvalue weighted by molar-refractivity contribution is 0.168. The summed E-state index contributed by atoms with van der Waals surface area (Å²) in [5, 5.41) is 10.2. The predicted molar refractivity (Wildman–Crippen MR) is 80.2 cm³/mol. The van der Waals surface area contributed by atoms with Crippen LogP contribution in [0.2, 0.25) is 0 Å². The summed E-state index contributed by atoms with van der Waals surface area (Å²) in [6.45, 7) is 4.11. The Labute approximate surface area is 120 Å². The smallest absolute Gasteiger partial charge is 0.0434 e. The Morgan fingerprint density at radius 3 is 2.50 bits per heavy atom. The molecule has 1 heterocycles. The van der Waals surface area contributed by atoms with Crippen molar-refractivity contribution in [3.8, 4) is 0 Å². The van der Waals surface area contributed by atoms with Crippen LogP contribution in [0, 0.1) is 11.3 Å². The summed E-state index contributed by atoms with van der Waals surface area (Å²) in [5.41, 5.74) is 0.532. The van der Waals surface area contributed by atoms with E-state index in [0.717, 1.165) is 12.3 Å². The molecule has 0 radical (unpaired) electrons. The summed E-state index contributed by atoms with van der Waals surface area (Å²) < 4.78 is 0. The van der Waals surface area contributed by atoms with Crippen LogP contribution in [0.4, 0.5) is 0 Å². The summed E-state index contributed by atoms with van der Waals surface area (Å²) in [4.78, 5) is 2.66. The van der Waals surface area contributed by atoms with Crippen LogP contribution >= 0.6 is 15.9 Å². The number of alkyl halides is 1. The first-order valence-corrected chi connectivity index (χ1v) is 8.79. The number of rotatable bonds is 5. The minimum Gasteiger partial charge on any atom is -0.396 e. The second kappa shape index (κ2) is 7.25. The van der Waals surface area contributed by atoms with Crippen LogP contribution in [0.3, 0.4) is 0 Å². The third-order valence-electron chi connectivity index (χ3n) is 4.91. The topological polar surface area (TPSA) is 23.5 Å². The molecule has 18 heavy (non-hydrogen) atoms. The van der Waals surface area contributed by atoms with Gasteiger partial charge in [0, 0.05) is 25.0 Å². The van der Waals surface area contributed by atoms with Gasteiger partial charge in [-0.2, -0.15) is 0 Å². The predicted octanol–water partition coefficient (Wildman–Crippen LogP) is 3.43. The zero-order valence-corrected chi connectivity index (χ0v) is 13.1. The lowest BCUT2D eigenvalue weighted by Crippen LogP contribution is -2.37. The second-order valence-corrected chi connectivity index (χ2v) is 7.01. The number of nitrogens with zero attached hydrogens (tertiary/aromatic N) is 1. The van der Waals surface area contributed by atoms with Crippen molar-refractivity contribution in [2.45, 2.75) is 51.4 Å². The fraction of sp³-hybridized carbons (Fsp3) is 1.00. The summed E-state index contributed by atoms with van der Waals surface area (Å²) in [6, 6.07) is 0. The largest absolute Gasteiger partial charge is 0.396 e. The van der Waals surface area contributed by atoms with E-state index in [4.69, 9.17) is 5.11 Å².